The molecular formula is C21H25N5O3S. The van der Waals surface area contributed by atoms with Gasteiger partial charge in [0.05, 0.1) is 13.3 Å². The molecule has 4 rings (SSSR count). The number of hydrogen-bond donors (Lipinski definition) is 0. The second-order valence-corrected chi connectivity index (χ2v) is 7.96. The molecule has 0 radical (unpaired) electrons. The molecule has 0 aliphatic carbocycles. The number of carbonyl (C=O) groups is 1. The highest BCUT2D eigenvalue weighted by Crippen LogP contribution is 2.24. The molecule has 1 fully saturated rings. The number of nitrogens with zero attached hydrogens (tertiary/aromatic N) is 5. The maximum Gasteiger partial charge on any atom is 0.273 e. The Kier molecular flexibility index (Phi) is 6.29. The first-order chi connectivity index (χ1) is 14.6. The number of rotatable bonds is 7. The zero-order valence-corrected chi connectivity index (χ0v) is 18.0. The fourth-order valence-corrected chi connectivity index (χ4v) is 4.11. The fourth-order valence-electron chi connectivity index (χ4n) is 3.34. The molecule has 0 N–H and O–H groups in total. The predicted octanol–water partition coefficient (Wildman–Crippen LogP) is 2.39. The zero-order valence-electron chi connectivity index (χ0n) is 17.2. The Bertz CT molecular complexity index is 977. The molecule has 30 heavy (non-hydrogen) atoms. The van der Waals surface area contributed by atoms with Gasteiger partial charge in [0.1, 0.15) is 28.8 Å². The van der Waals surface area contributed by atoms with Gasteiger partial charge in [-0.2, -0.15) is 5.10 Å². The lowest BCUT2D eigenvalue weighted by molar-refractivity contribution is 0.0615. The normalized spacial score (nSPS) is 14.7. The molecule has 8 nitrogen and oxygen atoms in total. The highest BCUT2D eigenvalue weighted by atomic mass is 32.1. The molecule has 3 aromatic rings. The Hall–Kier alpha value is -2.91. The zero-order chi connectivity index (χ0) is 20.9. The maximum absolute atomic E-state index is 12.8. The number of thiazole rings is 1. The van der Waals surface area contributed by atoms with Crippen LogP contribution in [0.5, 0.6) is 11.5 Å². The molecule has 1 aliphatic rings. The van der Waals surface area contributed by atoms with Gasteiger partial charge in [0.25, 0.3) is 5.91 Å². The molecule has 3 heterocycles. The van der Waals surface area contributed by atoms with Crippen LogP contribution in [-0.2, 0) is 7.05 Å². The van der Waals surface area contributed by atoms with Crippen LogP contribution in [0.15, 0.2) is 42.0 Å². The SMILES string of the molecule is COc1ccc(OCCN2CCN(C(=O)c3csc(-c4cnn(C)c4)n3)CC2)cc1. The van der Waals surface area contributed by atoms with Gasteiger partial charge in [-0.25, -0.2) is 4.98 Å². The minimum atomic E-state index is -0.00415. The standard InChI is InChI=1S/C21H25N5O3S/c1-24-14-16(13-22-24)20-23-19(15-30-20)21(27)26-9-7-25(8-10-26)11-12-29-18-5-3-17(28-2)4-6-18/h3-6,13-15H,7-12H2,1-2H3. The van der Waals surface area contributed by atoms with Crippen LogP contribution in [-0.4, -0.2) is 76.9 Å². The fraction of sp³-hybridized carbons (Fsp3) is 0.381. The molecule has 2 aromatic heterocycles. The average Bonchev–Trinajstić information content (AvgIpc) is 3.43. The van der Waals surface area contributed by atoms with E-state index in [1.807, 2.05) is 47.8 Å². The van der Waals surface area contributed by atoms with Crippen molar-refractivity contribution in [2.24, 2.45) is 7.05 Å². The number of carbonyl (C=O) groups excluding carboxylic acids is 1. The highest BCUT2D eigenvalue weighted by molar-refractivity contribution is 7.13. The van der Waals surface area contributed by atoms with Crippen LogP contribution in [0.25, 0.3) is 10.6 Å². The smallest absolute Gasteiger partial charge is 0.273 e. The molecule has 1 aliphatic heterocycles. The Morgan fingerprint density at radius 3 is 2.53 bits per heavy atom. The molecule has 1 amide bonds. The van der Waals surface area contributed by atoms with E-state index in [0.717, 1.165) is 41.7 Å². The molecule has 0 bridgehead atoms. The first kappa shape index (κ1) is 20.4. The number of benzene rings is 1. The lowest BCUT2D eigenvalue weighted by Crippen LogP contribution is -2.49. The lowest BCUT2D eigenvalue weighted by Gasteiger charge is -2.34. The third-order valence-electron chi connectivity index (χ3n) is 5.07. The summed E-state index contributed by atoms with van der Waals surface area (Å²) in [7, 11) is 3.51. The van der Waals surface area contributed by atoms with Gasteiger partial charge in [0.2, 0.25) is 0 Å². The summed E-state index contributed by atoms with van der Waals surface area (Å²) in [5.41, 5.74) is 1.44. The molecular weight excluding hydrogens is 402 g/mol. The van der Waals surface area contributed by atoms with Crippen molar-refractivity contribution < 1.29 is 14.3 Å². The van der Waals surface area contributed by atoms with E-state index >= 15 is 0 Å². The van der Waals surface area contributed by atoms with Gasteiger partial charge in [-0.1, -0.05) is 0 Å². The number of hydrogen-bond acceptors (Lipinski definition) is 7. The van der Waals surface area contributed by atoms with Crippen molar-refractivity contribution in [1.82, 2.24) is 24.6 Å². The van der Waals surface area contributed by atoms with Gasteiger partial charge in [-0.3, -0.25) is 14.4 Å². The highest BCUT2D eigenvalue weighted by Gasteiger charge is 2.24. The maximum atomic E-state index is 12.8. The molecule has 1 aromatic carbocycles. The molecule has 0 atom stereocenters. The van der Waals surface area contributed by atoms with Gasteiger partial charge in [0.15, 0.2) is 0 Å². The predicted molar refractivity (Wildman–Crippen MR) is 115 cm³/mol. The molecule has 1 saturated heterocycles. The number of aryl methyl sites for hydroxylation is 1. The Labute approximate surface area is 179 Å². The minimum Gasteiger partial charge on any atom is -0.497 e. The monoisotopic (exact) mass is 427 g/mol. The summed E-state index contributed by atoms with van der Waals surface area (Å²) in [5.74, 6) is 1.64. The van der Waals surface area contributed by atoms with Crippen LogP contribution in [0.4, 0.5) is 0 Å². The second-order valence-electron chi connectivity index (χ2n) is 7.10. The molecule has 0 spiro atoms. The summed E-state index contributed by atoms with van der Waals surface area (Å²) in [4.78, 5) is 21.5. The summed E-state index contributed by atoms with van der Waals surface area (Å²) in [6.07, 6.45) is 3.67. The van der Waals surface area contributed by atoms with Crippen LogP contribution in [0, 0.1) is 0 Å². The van der Waals surface area contributed by atoms with Crippen molar-refractivity contribution in [3.8, 4) is 22.1 Å². The van der Waals surface area contributed by atoms with Crippen molar-refractivity contribution in [2.45, 2.75) is 0 Å². The van der Waals surface area contributed by atoms with E-state index in [2.05, 4.69) is 15.0 Å². The quantitative estimate of drug-likeness (QED) is 0.577. The summed E-state index contributed by atoms with van der Waals surface area (Å²) in [6.45, 7) is 4.49. The Balaban J connectivity index is 1.23. The van der Waals surface area contributed by atoms with Gasteiger partial charge < -0.3 is 14.4 Å². The van der Waals surface area contributed by atoms with Crippen LogP contribution in [0.2, 0.25) is 0 Å². The number of piperazine rings is 1. The van der Waals surface area contributed by atoms with Crippen LogP contribution in [0.1, 0.15) is 10.5 Å². The van der Waals surface area contributed by atoms with E-state index in [-0.39, 0.29) is 5.91 Å². The van der Waals surface area contributed by atoms with E-state index in [1.54, 1.807) is 18.0 Å². The van der Waals surface area contributed by atoms with Gasteiger partial charge in [-0.05, 0) is 24.3 Å². The average molecular weight is 428 g/mol. The van der Waals surface area contributed by atoms with Crippen LogP contribution < -0.4 is 9.47 Å². The molecule has 0 saturated carbocycles. The number of aromatic nitrogens is 3. The lowest BCUT2D eigenvalue weighted by atomic mass is 10.3. The Morgan fingerprint density at radius 1 is 1.13 bits per heavy atom. The third-order valence-corrected chi connectivity index (χ3v) is 5.96. The Morgan fingerprint density at radius 2 is 1.87 bits per heavy atom. The number of amides is 1. The molecule has 9 heteroatoms. The van der Waals surface area contributed by atoms with Crippen LogP contribution in [0.3, 0.4) is 0 Å². The topological polar surface area (TPSA) is 72.7 Å². The molecule has 0 unspecified atom stereocenters. The van der Waals surface area contributed by atoms with Crippen molar-refractivity contribution in [1.29, 1.82) is 0 Å². The third kappa shape index (κ3) is 4.80. The summed E-state index contributed by atoms with van der Waals surface area (Å²) in [5, 5.41) is 6.82. The second kappa shape index (κ2) is 9.27. The summed E-state index contributed by atoms with van der Waals surface area (Å²) < 4.78 is 12.7. The summed E-state index contributed by atoms with van der Waals surface area (Å²) in [6, 6.07) is 7.59. The van der Waals surface area contributed by atoms with E-state index in [9.17, 15) is 4.79 Å². The summed E-state index contributed by atoms with van der Waals surface area (Å²) >= 11 is 1.47. The van der Waals surface area contributed by atoms with Gasteiger partial charge in [0, 0.05) is 56.9 Å². The number of methoxy groups -OCH3 is 1. The van der Waals surface area contributed by atoms with Crippen molar-refractivity contribution >= 4 is 17.2 Å². The first-order valence-corrected chi connectivity index (χ1v) is 10.7. The van der Waals surface area contributed by atoms with E-state index in [4.69, 9.17) is 9.47 Å². The van der Waals surface area contributed by atoms with E-state index in [1.165, 1.54) is 11.3 Å². The van der Waals surface area contributed by atoms with Gasteiger partial charge >= 0.3 is 0 Å². The van der Waals surface area contributed by atoms with Crippen molar-refractivity contribution in [3.05, 3.63) is 47.7 Å². The number of ether oxygens (including phenoxy) is 2. The minimum absolute atomic E-state index is 0.00415. The molecule has 158 valence electrons. The first-order valence-electron chi connectivity index (χ1n) is 9.85. The van der Waals surface area contributed by atoms with Crippen LogP contribution >= 0.6 is 11.3 Å². The van der Waals surface area contributed by atoms with Gasteiger partial charge in [-0.15, -0.1) is 11.3 Å². The van der Waals surface area contributed by atoms with Crippen molar-refractivity contribution in [3.63, 3.8) is 0 Å². The van der Waals surface area contributed by atoms with Crippen molar-refractivity contribution in [2.75, 3.05) is 46.4 Å². The largest absolute Gasteiger partial charge is 0.497 e. The van der Waals surface area contributed by atoms with E-state index in [0.29, 0.717) is 25.4 Å². The van der Waals surface area contributed by atoms with E-state index < -0.39 is 0 Å².